The first kappa shape index (κ1) is 11.4. The first-order valence-corrected chi connectivity index (χ1v) is 3.83. The van der Waals surface area contributed by atoms with E-state index in [2.05, 4.69) is 9.72 Å². The number of aromatic nitrogens is 1. The van der Waals surface area contributed by atoms with E-state index in [9.17, 15) is 13.2 Å². The Morgan fingerprint density at radius 1 is 1.53 bits per heavy atom. The predicted molar refractivity (Wildman–Crippen MR) is 45.1 cm³/mol. The molecule has 0 saturated carbocycles. The minimum Gasteiger partial charge on any atom is -0.394 e. The van der Waals surface area contributed by atoms with Gasteiger partial charge in [0.1, 0.15) is 6.07 Å². The van der Waals surface area contributed by atoms with Crippen LogP contribution in [-0.2, 0) is 0 Å². The van der Waals surface area contributed by atoms with E-state index in [1.165, 1.54) is 0 Å². The van der Waals surface area contributed by atoms with E-state index in [-0.39, 0.29) is 5.56 Å². The zero-order chi connectivity index (χ0) is 11.6. The largest absolute Gasteiger partial charge is 0.574 e. The molecule has 0 fully saturated rings. The Morgan fingerprint density at radius 2 is 2.13 bits per heavy atom. The third-order valence-electron chi connectivity index (χ3n) is 1.30. The smallest absolute Gasteiger partial charge is 0.394 e. The molecule has 1 rings (SSSR count). The summed E-state index contributed by atoms with van der Waals surface area (Å²) >= 11 is 5.39. The fourth-order valence-corrected chi connectivity index (χ4v) is 0.934. The lowest BCUT2D eigenvalue weighted by Crippen LogP contribution is -2.19. The molecule has 0 unspecified atom stereocenters. The molecular weight excluding hydrogens is 235 g/mol. The molecule has 0 saturated heterocycles. The highest BCUT2D eigenvalue weighted by molar-refractivity contribution is 6.30. The van der Waals surface area contributed by atoms with Gasteiger partial charge in [0, 0.05) is 0 Å². The fraction of sp³-hybridized carbons (Fsp3) is 0.143. The van der Waals surface area contributed by atoms with E-state index in [1.54, 1.807) is 6.07 Å². The van der Waals surface area contributed by atoms with E-state index >= 15 is 0 Å². The highest BCUT2D eigenvalue weighted by Crippen LogP contribution is 2.29. The fourth-order valence-electron chi connectivity index (χ4n) is 0.760. The summed E-state index contributed by atoms with van der Waals surface area (Å²) in [5, 5.41) is 8.08. The van der Waals surface area contributed by atoms with Gasteiger partial charge in [-0.05, 0) is 6.07 Å². The van der Waals surface area contributed by atoms with Crippen molar-refractivity contribution in [1.82, 2.24) is 4.98 Å². The summed E-state index contributed by atoms with van der Waals surface area (Å²) in [7, 11) is 0. The van der Waals surface area contributed by atoms with Crippen molar-refractivity contribution in [3.8, 4) is 11.9 Å². The Labute approximate surface area is 87.0 Å². The first-order chi connectivity index (χ1) is 6.83. The molecule has 4 nitrogen and oxygen atoms in total. The number of rotatable bonds is 1. The summed E-state index contributed by atoms with van der Waals surface area (Å²) in [6.45, 7) is 0. The topological polar surface area (TPSA) is 71.9 Å². The first-order valence-electron chi connectivity index (χ1n) is 3.45. The van der Waals surface area contributed by atoms with Crippen LogP contribution in [0.2, 0.25) is 5.15 Å². The van der Waals surface area contributed by atoms with Crippen LogP contribution in [0.1, 0.15) is 5.56 Å². The van der Waals surface area contributed by atoms with E-state index in [0.29, 0.717) is 0 Å². The average Bonchev–Trinajstić information content (AvgIpc) is 2.08. The molecule has 0 aliphatic heterocycles. The molecule has 0 radical (unpaired) electrons. The maximum absolute atomic E-state index is 11.8. The second-order valence-corrected chi connectivity index (χ2v) is 2.74. The zero-order valence-electron chi connectivity index (χ0n) is 6.97. The second kappa shape index (κ2) is 3.82. The molecule has 0 aliphatic rings. The quantitative estimate of drug-likeness (QED) is 0.759. The van der Waals surface area contributed by atoms with Gasteiger partial charge in [-0.2, -0.15) is 10.2 Å². The lowest BCUT2D eigenvalue weighted by molar-refractivity contribution is -0.275. The zero-order valence-corrected chi connectivity index (χ0v) is 7.73. The van der Waals surface area contributed by atoms with Crippen LogP contribution in [0.4, 0.5) is 18.9 Å². The van der Waals surface area contributed by atoms with Crippen LogP contribution in [0, 0.1) is 11.3 Å². The molecule has 8 heteroatoms. The van der Waals surface area contributed by atoms with Crippen LogP contribution in [0.3, 0.4) is 0 Å². The van der Waals surface area contributed by atoms with Gasteiger partial charge >= 0.3 is 6.36 Å². The molecular formula is C7H3ClF3N3O. The van der Waals surface area contributed by atoms with Gasteiger partial charge in [-0.1, -0.05) is 11.6 Å². The number of hydrogen-bond acceptors (Lipinski definition) is 4. The molecule has 1 aromatic rings. The van der Waals surface area contributed by atoms with E-state index in [1.807, 2.05) is 0 Å². The number of anilines is 1. The van der Waals surface area contributed by atoms with Gasteiger partial charge in [0.05, 0.1) is 11.3 Å². The molecule has 1 heterocycles. The van der Waals surface area contributed by atoms with Crippen molar-refractivity contribution in [2.24, 2.45) is 0 Å². The van der Waals surface area contributed by atoms with Gasteiger partial charge in [0.2, 0.25) is 5.88 Å². The monoisotopic (exact) mass is 237 g/mol. The number of nitrogens with two attached hydrogens (primary N) is 1. The maximum atomic E-state index is 11.8. The van der Waals surface area contributed by atoms with Crippen molar-refractivity contribution in [2.45, 2.75) is 6.36 Å². The molecule has 2 N–H and O–H groups in total. The van der Waals surface area contributed by atoms with Crippen LogP contribution in [-0.4, -0.2) is 11.3 Å². The van der Waals surface area contributed by atoms with Gasteiger partial charge < -0.3 is 10.5 Å². The van der Waals surface area contributed by atoms with Crippen LogP contribution in [0.5, 0.6) is 5.88 Å². The highest BCUT2D eigenvalue weighted by atomic mass is 35.5. The molecule has 15 heavy (non-hydrogen) atoms. The SMILES string of the molecule is N#Cc1cc(N)c(OC(F)(F)F)nc1Cl. The molecule has 0 aliphatic carbocycles. The van der Waals surface area contributed by atoms with Gasteiger partial charge in [-0.3, -0.25) is 0 Å². The standard InChI is InChI=1S/C7H3ClF3N3O/c8-5-3(2-12)1-4(13)6(14-5)15-7(9,10)11/h1H,13H2. The number of ether oxygens (including phenoxy) is 1. The molecule has 80 valence electrons. The number of nitrogen functional groups attached to an aromatic ring is 1. The summed E-state index contributed by atoms with van der Waals surface area (Å²) in [6, 6.07) is 2.57. The van der Waals surface area contributed by atoms with Gasteiger partial charge in [0.25, 0.3) is 0 Å². The van der Waals surface area contributed by atoms with Crippen molar-refractivity contribution in [3.63, 3.8) is 0 Å². The third kappa shape index (κ3) is 2.89. The van der Waals surface area contributed by atoms with Crippen LogP contribution >= 0.6 is 11.6 Å². The minimum atomic E-state index is -4.90. The van der Waals surface area contributed by atoms with Crippen molar-refractivity contribution in [1.29, 1.82) is 5.26 Å². The molecule has 0 amide bonds. The average molecular weight is 238 g/mol. The van der Waals surface area contributed by atoms with Gasteiger partial charge in [-0.15, -0.1) is 13.2 Å². The summed E-state index contributed by atoms with van der Waals surface area (Å²) in [4.78, 5) is 3.20. The normalized spacial score (nSPS) is 10.9. The van der Waals surface area contributed by atoms with E-state index in [0.717, 1.165) is 6.07 Å². The molecule has 0 bridgehead atoms. The second-order valence-electron chi connectivity index (χ2n) is 2.38. The summed E-state index contributed by atoms with van der Waals surface area (Å²) in [6.07, 6.45) is -4.90. The number of hydrogen-bond donors (Lipinski definition) is 1. The number of nitriles is 1. The Balaban J connectivity index is 3.13. The minimum absolute atomic E-state index is 0.122. The number of alkyl halides is 3. The predicted octanol–water partition coefficient (Wildman–Crippen LogP) is 2.09. The van der Waals surface area contributed by atoms with Crippen molar-refractivity contribution >= 4 is 17.3 Å². The number of pyridine rings is 1. The number of nitrogens with zero attached hydrogens (tertiary/aromatic N) is 2. The lowest BCUT2D eigenvalue weighted by atomic mass is 10.3. The van der Waals surface area contributed by atoms with Gasteiger partial charge in [0.15, 0.2) is 5.15 Å². The van der Waals surface area contributed by atoms with E-state index in [4.69, 9.17) is 22.6 Å². The molecule has 0 spiro atoms. The Bertz CT molecular complexity index is 427. The highest BCUT2D eigenvalue weighted by Gasteiger charge is 2.33. The Kier molecular flexibility index (Phi) is 2.90. The maximum Gasteiger partial charge on any atom is 0.574 e. The van der Waals surface area contributed by atoms with Crippen molar-refractivity contribution in [3.05, 3.63) is 16.8 Å². The molecule has 0 atom stereocenters. The summed E-state index contributed by atoms with van der Waals surface area (Å²) in [5.74, 6) is -0.869. The third-order valence-corrected chi connectivity index (χ3v) is 1.59. The van der Waals surface area contributed by atoms with E-state index < -0.39 is 23.1 Å². The number of halogens is 4. The summed E-state index contributed by atoms with van der Waals surface area (Å²) in [5.41, 5.74) is 4.65. The van der Waals surface area contributed by atoms with Gasteiger partial charge in [-0.25, -0.2) is 0 Å². The van der Waals surface area contributed by atoms with Crippen LogP contribution in [0.15, 0.2) is 6.07 Å². The molecule has 1 aromatic heterocycles. The van der Waals surface area contributed by atoms with Crippen molar-refractivity contribution < 1.29 is 17.9 Å². The lowest BCUT2D eigenvalue weighted by Gasteiger charge is -2.10. The van der Waals surface area contributed by atoms with Crippen molar-refractivity contribution in [2.75, 3.05) is 5.73 Å². The Hall–Kier alpha value is -1.68. The Morgan fingerprint density at radius 3 is 2.60 bits per heavy atom. The summed E-state index contributed by atoms with van der Waals surface area (Å²) < 4.78 is 38.9. The molecule has 0 aromatic carbocycles. The van der Waals surface area contributed by atoms with Crippen LogP contribution in [0.25, 0.3) is 0 Å². The van der Waals surface area contributed by atoms with Crippen LogP contribution < -0.4 is 10.5 Å².